The van der Waals surface area contributed by atoms with Crippen molar-refractivity contribution in [1.82, 2.24) is 10.2 Å². The first kappa shape index (κ1) is 25.8. The van der Waals surface area contributed by atoms with Crippen LogP contribution >= 0.6 is 0 Å². The minimum Gasteiger partial charge on any atom is -0.459 e. The summed E-state index contributed by atoms with van der Waals surface area (Å²) >= 11 is 0. The van der Waals surface area contributed by atoms with Crippen molar-refractivity contribution in [2.45, 2.75) is 13.0 Å². The summed E-state index contributed by atoms with van der Waals surface area (Å²) < 4.78 is 23.7. The number of rotatable bonds is 7. The number of nitrogens with zero attached hydrogens (tertiary/aromatic N) is 2. The largest absolute Gasteiger partial charge is 0.459 e. The summed E-state index contributed by atoms with van der Waals surface area (Å²) in [7, 11) is 0. The van der Waals surface area contributed by atoms with Gasteiger partial charge in [0.15, 0.2) is 11.5 Å². The summed E-state index contributed by atoms with van der Waals surface area (Å²) in [5.74, 6) is -0.872. The van der Waals surface area contributed by atoms with E-state index in [1.807, 2.05) is 0 Å². The molecule has 3 amide bonds. The number of furan rings is 2. The first-order chi connectivity index (χ1) is 19.0. The summed E-state index contributed by atoms with van der Waals surface area (Å²) in [4.78, 5) is 42.5. The lowest BCUT2D eigenvalue weighted by Gasteiger charge is -2.26. The van der Waals surface area contributed by atoms with E-state index in [1.54, 1.807) is 59.5 Å². The molecule has 1 aliphatic heterocycles. The minimum absolute atomic E-state index is 0.148. The number of carbonyl (C=O) groups excluding carboxylic acids is 3. The van der Waals surface area contributed by atoms with Crippen LogP contribution in [0, 0.1) is 5.82 Å². The number of carbonyl (C=O) groups is 3. The van der Waals surface area contributed by atoms with Crippen LogP contribution in [-0.4, -0.2) is 48.8 Å². The molecule has 0 bridgehead atoms. The van der Waals surface area contributed by atoms with E-state index in [1.165, 1.54) is 24.7 Å². The average molecular weight is 531 g/mol. The highest BCUT2D eigenvalue weighted by atomic mass is 19.1. The highest BCUT2D eigenvalue weighted by Gasteiger charge is 2.25. The van der Waals surface area contributed by atoms with Crippen molar-refractivity contribution in [3.05, 3.63) is 108 Å². The predicted molar refractivity (Wildman–Crippen MR) is 142 cm³/mol. The molecule has 5 rings (SSSR count). The summed E-state index contributed by atoms with van der Waals surface area (Å²) in [6.07, 6.45) is 3.58. The van der Waals surface area contributed by atoms with Gasteiger partial charge in [-0.05, 0) is 66.6 Å². The highest BCUT2D eigenvalue weighted by Crippen LogP contribution is 2.27. The number of hydrogen-bond donors (Lipinski definition) is 2. The van der Waals surface area contributed by atoms with E-state index in [-0.39, 0.29) is 29.9 Å². The van der Waals surface area contributed by atoms with Crippen molar-refractivity contribution in [1.29, 1.82) is 0 Å². The van der Waals surface area contributed by atoms with Crippen LogP contribution in [0.3, 0.4) is 0 Å². The van der Waals surface area contributed by atoms with Crippen molar-refractivity contribution in [2.75, 3.05) is 36.4 Å². The van der Waals surface area contributed by atoms with Gasteiger partial charge in [0.1, 0.15) is 5.82 Å². The Labute approximate surface area is 224 Å². The molecule has 2 aromatic heterocycles. The van der Waals surface area contributed by atoms with Crippen LogP contribution in [0.15, 0.2) is 88.1 Å². The molecule has 0 aliphatic carbocycles. The number of nitrogens with one attached hydrogen (secondary N) is 2. The van der Waals surface area contributed by atoms with Gasteiger partial charge in [0, 0.05) is 44.1 Å². The molecule has 1 saturated heterocycles. The van der Waals surface area contributed by atoms with Crippen LogP contribution in [0.1, 0.15) is 43.5 Å². The zero-order chi connectivity index (χ0) is 27.2. The van der Waals surface area contributed by atoms with E-state index in [9.17, 15) is 18.8 Å². The van der Waals surface area contributed by atoms with E-state index in [0.29, 0.717) is 55.3 Å². The second-order valence-electron chi connectivity index (χ2n) is 9.08. The van der Waals surface area contributed by atoms with E-state index in [2.05, 4.69) is 15.5 Å². The maximum absolute atomic E-state index is 13.4. The molecule has 0 atom stereocenters. The molecule has 200 valence electrons. The molecule has 2 N–H and O–H groups in total. The van der Waals surface area contributed by atoms with Crippen LogP contribution < -0.4 is 15.5 Å². The molecule has 4 aromatic rings. The topological polar surface area (TPSA) is 108 Å². The first-order valence-corrected chi connectivity index (χ1v) is 12.6. The summed E-state index contributed by atoms with van der Waals surface area (Å²) in [6, 6.07) is 17.5. The zero-order valence-corrected chi connectivity index (χ0v) is 21.1. The van der Waals surface area contributed by atoms with Gasteiger partial charge in [-0.25, -0.2) is 4.39 Å². The Morgan fingerprint density at radius 2 is 1.56 bits per heavy atom. The summed E-state index contributed by atoms with van der Waals surface area (Å²) in [5, 5.41) is 5.65. The standard InChI is InChI=1S/C29H27FN4O5/c30-21-8-6-20(7-9-21)19-31-27(35)23-18-22(32-28(36)25-4-1-16-38-25)10-11-24(23)33-12-3-13-34(15-14-33)29(37)26-5-2-17-39-26/h1-2,4-11,16-18H,3,12-15,19H2,(H,31,35)(H,32,36). The van der Waals surface area contributed by atoms with E-state index in [4.69, 9.17) is 8.83 Å². The zero-order valence-electron chi connectivity index (χ0n) is 21.1. The third-order valence-corrected chi connectivity index (χ3v) is 6.47. The third-order valence-electron chi connectivity index (χ3n) is 6.47. The Bertz CT molecular complexity index is 1440. The first-order valence-electron chi connectivity index (χ1n) is 12.6. The Balaban J connectivity index is 1.36. The van der Waals surface area contributed by atoms with Crippen molar-refractivity contribution >= 4 is 29.1 Å². The summed E-state index contributed by atoms with van der Waals surface area (Å²) in [6.45, 7) is 2.33. The van der Waals surface area contributed by atoms with Crippen LogP contribution in [0.4, 0.5) is 15.8 Å². The van der Waals surface area contributed by atoms with E-state index >= 15 is 0 Å². The van der Waals surface area contributed by atoms with Gasteiger partial charge in [0.2, 0.25) is 0 Å². The molecule has 0 saturated carbocycles. The normalized spacial score (nSPS) is 13.6. The van der Waals surface area contributed by atoms with Gasteiger partial charge in [-0.15, -0.1) is 0 Å². The smallest absolute Gasteiger partial charge is 0.291 e. The second kappa shape index (κ2) is 11.7. The molecular weight excluding hydrogens is 503 g/mol. The fourth-order valence-corrected chi connectivity index (χ4v) is 4.47. The van der Waals surface area contributed by atoms with Gasteiger partial charge in [0.25, 0.3) is 17.7 Å². The molecule has 0 spiro atoms. The predicted octanol–water partition coefficient (Wildman–Crippen LogP) is 4.55. The number of halogens is 1. The monoisotopic (exact) mass is 530 g/mol. The van der Waals surface area contributed by atoms with Gasteiger partial charge in [0.05, 0.1) is 18.1 Å². The van der Waals surface area contributed by atoms with Crippen LogP contribution in [0.25, 0.3) is 0 Å². The lowest BCUT2D eigenvalue weighted by atomic mass is 10.1. The van der Waals surface area contributed by atoms with Crippen molar-refractivity contribution < 1.29 is 27.6 Å². The lowest BCUT2D eigenvalue weighted by Crippen LogP contribution is -2.35. The molecule has 0 radical (unpaired) electrons. The van der Waals surface area contributed by atoms with Crippen molar-refractivity contribution in [3.8, 4) is 0 Å². The maximum Gasteiger partial charge on any atom is 0.291 e. The molecule has 10 heteroatoms. The maximum atomic E-state index is 13.4. The molecule has 1 aliphatic rings. The number of amides is 3. The fraction of sp³-hybridized carbons (Fsp3) is 0.207. The molecule has 39 heavy (non-hydrogen) atoms. The molecule has 2 aromatic carbocycles. The SMILES string of the molecule is O=C(Nc1ccc(N2CCCN(C(=O)c3ccco3)CC2)c(C(=O)NCc2ccc(F)cc2)c1)c1ccco1. The highest BCUT2D eigenvalue weighted by molar-refractivity contribution is 6.05. The van der Waals surface area contributed by atoms with Gasteiger partial charge in [-0.3, -0.25) is 14.4 Å². The van der Waals surface area contributed by atoms with Crippen molar-refractivity contribution in [2.24, 2.45) is 0 Å². The van der Waals surface area contributed by atoms with Crippen LogP contribution in [0.5, 0.6) is 0 Å². The quantitative estimate of drug-likeness (QED) is 0.363. The molecular formula is C29H27FN4O5. The van der Waals surface area contributed by atoms with Gasteiger partial charge >= 0.3 is 0 Å². The van der Waals surface area contributed by atoms with Gasteiger partial charge in [-0.2, -0.15) is 0 Å². The van der Waals surface area contributed by atoms with Gasteiger partial charge in [-0.1, -0.05) is 12.1 Å². The second-order valence-corrected chi connectivity index (χ2v) is 9.08. The number of benzene rings is 2. The number of anilines is 2. The average Bonchev–Trinajstić information content (AvgIpc) is 3.64. The third kappa shape index (κ3) is 6.18. The summed E-state index contributed by atoms with van der Waals surface area (Å²) in [5.41, 5.74) is 2.21. The number of hydrogen-bond acceptors (Lipinski definition) is 6. The minimum atomic E-state index is -0.438. The molecule has 1 fully saturated rings. The Morgan fingerprint density at radius 3 is 2.28 bits per heavy atom. The Kier molecular flexibility index (Phi) is 7.72. The Hall–Kier alpha value is -4.86. The Morgan fingerprint density at radius 1 is 0.821 bits per heavy atom. The fourth-order valence-electron chi connectivity index (χ4n) is 4.47. The molecule has 3 heterocycles. The van der Waals surface area contributed by atoms with Crippen LogP contribution in [0.2, 0.25) is 0 Å². The van der Waals surface area contributed by atoms with Crippen LogP contribution in [-0.2, 0) is 6.54 Å². The molecule has 9 nitrogen and oxygen atoms in total. The van der Waals surface area contributed by atoms with E-state index < -0.39 is 5.91 Å². The van der Waals surface area contributed by atoms with E-state index in [0.717, 1.165) is 5.56 Å². The van der Waals surface area contributed by atoms with Gasteiger partial charge < -0.3 is 29.3 Å². The van der Waals surface area contributed by atoms with Crippen molar-refractivity contribution in [3.63, 3.8) is 0 Å². The molecule has 0 unspecified atom stereocenters. The lowest BCUT2D eigenvalue weighted by molar-refractivity contribution is 0.0734.